The Morgan fingerprint density at radius 3 is 2.23 bits per heavy atom. The van der Waals surface area contributed by atoms with E-state index in [0.717, 1.165) is 62.6 Å². The minimum atomic E-state index is -0.0522. The van der Waals surface area contributed by atoms with Gasteiger partial charge in [-0.3, -0.25) is 0 Å². The first-order chi connectivity index (χ1) is 14.6. The van der Waals surface area contributed by atoms with Crippen LogP contribution in [0.25, 0.3) is 0 Å². The zero-order chi connectivity index (χ0) is 21.6. The van der Waals surface area contributed by atoms with E-state index in [1.807, 2.05) is 18.2 Å². The summed E-state index contributed by atoms with van der Waals surface area (Å²) >= 11 is 5.91. The Morgan fingerprint density at radius 1 is 0.767 bits per heavy atom. The fourth-order valence-corrected chi connectivity index (χ4v) is 3.74. The van der Waals surface area contributed by atoms with Crippen LogP contribution >= 0.6 is 11.6 Å². The van der Waals surface area contributed by atoms with Crippen LogP contribution in [0.15, 0.2) is 42.5 Å². The van der Waals surface area contributed by atoms with E-state index in [1.54, 1.807) is 12.1 Å². The van der Waals surface area contributed by atoms with Crippen molar-refractivity contribution in [1.29, 1.82) is 0 Å². The molecule has 0 aliphatic heterocycles. The molecule has 0 amide bonds. The Balaban J connectivity index is 1.51. The van der Waals surface area contributed by atoms with Crippen molar-refractivity contribution in [2.45, 2.75) is 51.9 Å². The van der Waals surface area contributed by atoms with Gasteiger partial charge in [-0.05, 0) is 93.7 Å². The fourth-order valence-electron chi connectivity index (χ4n) is 3.61. The smallest absolute Gasteiger partial charge is 0.157 e. The van der Waals surface area contributed by atoms with Gasteiger partial charge in [-0.25, -0.2) is 0 Å². The summed E-state index contributed by atoms with van der Waals surface area (Å²) in [6.07, 6.45) is 8.07. The Kier molecular flexibility index (Phi) is 11.7. The second kappa shape index (κ2) is 14.3. The third-order valence-corrected chi connectivity index (χ3v) is 5.63. The van der Waals surface area contributed by atoms with Gasteiger partial charge < -0.3 is 20.4 Å². The number of rotatable bonds is 15. The molecule has 0 bridgehead atoms. The maximum absolute atomic E-state index is 9.64. The lowest BCUT2D eigenvalue weighted by atomic mass is 10.1. The molecule has 0 atom stereocenters. The van der Waals surface area contributed by atoms with Crippen molar-refractivity contribution < 1.29 is 10.2 Å². The number of phenolic OH excluding ortho intramolecular Hbond substituents is 2. The number of hydrogen-bond acceptors (Lipinski definition) is 4. The summed E-state index contributed by atoms with van der Waals surface area (Å²) in [6.45, 7) is 7.53. The summed E-state index contributed by atoms with van der Waals surface area (Å²) in [5, 5.41) is 23.4. The molecule has 0 radical (unpaired) electrons. The number of aromatic hydroxyl groups is 2. The van der Waals surface area contributed by atoms with Gasteiger partial charge in [-0.15, -0.1) is 0 Å². The lowest BCUT2D eigenvalue weighted by Crippen LogP contribution is -2.28. The van der Waals surface area contributed by atoms with Crippen molar-refractivity contribution in [3.63, 3.8) is 0 Å². The maximum atomic E-state index is 9.64. The van der Waals surface area contributed by atoms with E-state index in [9.17, 15) is 10.2 Å². The van der Waals surface area contributed by atoms with Gasteiger partial charge in [0.25, 0.3) is 0 Å². The molecule has 0 saturated carbocycles. The Labute approximate surface area is 186 Å². The van der Waals surface area contributed by atoms with Crippen molar-refractivity contribution >= 4 is 11.6 Å². The van der Waals surface area contributed by atoms with Crippen molar-refractivity contribution in [1.82, 2.24) is 10.2 Å². The van der Waals surface area contributed by atoms with E-state index in [0.29, 0.717) is 0 Å². The maximum Gasteiger partial charge on any atom is 0.157 e. The molecule has 0 aliphatic rings. The number of nitrogens with zero attached hydrogens (tertiary/aromatic N) is 1. The van der Waals surface area contributed by atoms with E-state index in [-0.39, 0.29) is 11.5 Å². The minimum absolute atomic E-state index is 0.0312. The van der Waals surface area contributed by atoms with Crippen LogP contribution in [-0.2, 0) is 12.8 Å². The van der Waals surface area contributed by atoms with Gasteiger partial charge >= 0.3 is 0 Å². The predicted molar refractivity (Wildman–Crippen MR) is 127 cm³/mol. The molecule has 0 saturated heterocycles. The van der Waals surface area contributed by atoms with Gasteiger partial charge in [0.2, 0.25) is 0 Å². The normalized spacial score (nSPS) is 11.3. The summed E-state index contributed by atoms with van der Waals surface area (Å²) in [5.41, 5.74) is 2.39. The molecule has 4 nitrogen and oxygen atoms in total. The van der Waals surface area contributed by atoms with Crippen LogP contribution in [0.3, 0.4) is 0 Å². The first-order valence-corrected chi connectivity index (χ1v) is 11.6. The highest BCUT2D eigenvalue weighted by molar-refractivity contribution is 6.30. The molecule has 2 aromatic rings. The molecule has 0 fully saturated rings. The summed E-state index contributed by atoms with van der Waals surface area (Å²) in [4.78, 5) is 2.51. The van der Waals surface area contributed by atoms with E-state index in [1.165, 1.54) is 31.2 Å². The van der Waals surface area contributed by atoms with Crippen molar-refractivity contribution in [2.75, 3.05) is 32.7 Å². The van der Waals surface area contributed by atoms with Crippen LogP contribution in [0.2, 0.25) is 5.02 Å². The van der Waals surface area contributed by atoms with Crippen LogP contribution in [0.4, 0.5) is 0 Å². The molecule has 0 heterocycles. The fraction of sp³-hybridized carbons (Fsp3) is 0.520. The summed E-state index contributed by atoms with van der Waals surface area (Å²) in [7, 11) is 0. The molecule has 2 rings (SSSR count). The van der Waals surface area contributed by atoms with Gasteiger partial charge in [-0.2, -0.15) is 0 Å². The molecular formula is C25H37ClN2O2. The van der Waals surface area contributed by atoms with Crippen LogP contribution in [0, 0.1) is 0 Å². The first-order valence-electron chi connectivity index (χ1n) is 11.3. The number of hydrogen-bond donors (Lipinski definition) is 3. The zero-order valence-electron chi connectivity index (χ0n) is 18.2. The van der Waals surface area contributed by atoms with Gasteiger partial charge in [0.05, 0.1) is 0 Å². The number of nitrogens with one attached hydrogen (secondary N) is 1. The summed E-state index contributed by atoms with van der Waals surface area (Å²) < 4.78 is 0. The first kappa shape index (κ1) is 24.5. The van der Waals surface area contributed by atoms with E-state index in [4.69, 9.17) is 11.6 Å². The Hall–Kier alpha value is -1.75. The lowest BCUT2D eigenvalue weighted by Gasteiger charge is -2.21. The third kappa shape index (κ3) is 9.84. The molecule has 0 spiro atoms. The third-order valence-electron chi connectivity index (χ3n) is 5.38. The average Bonchev–Trinajstić information content (AvgIpc) is 2.74. The monoisotopic (exact) mass is 432 g/mol. The van der Waals surface area contributed by atoms with Crippen LogP contribution in [0.5, 0.6) is 11.5 Å². The molecule has 5 heteroatoms. The Morgan fingerprint density at radius 2 is 1.50 bits per heavy atom. The standard InChI is InChI=1S/C25H37ClN2O2/c1-2-17-28(19-14-22-9-12-24(29)25(30)20-22)18-6-4-3-5-15-27-16-13-21-7-10-23(26)11-8-21/h7-12,20,27,29-30H,2-6,13-19H2,1H3. The summed E-state index contributed by atoms with van der Waals surface area (Å²) in [5.74, 6) is -0.0834. The Bertz CT molecular complexity index is 722. The van der Waals surface area contributed by atoms with Crippen LogP contribution in [0.1, 0.15) is 50.2 Å². The van der Waals surface area contributed by atoms with Crippen LogP contribution < -0.4 is 5.32 Å². The molecule has 0 aromatic heterocycles. The second-order valence-corrected chi connectivity index (χ2v) is 8.39. The van der Waals surface area contributed by atoms with Gasteiger partial charge in [0, 0.05) is 11.6 Å². The number of phenols is 2. The SMILES string of the molecule is CCCN(CCCCCCNCCc1ccc(Cl)cc1)CCc1ccc(O)c(O)c1. The van der Waals surface area contributed by atoms with E-state index < -0.39 is 0 Å². The van der Waals surface area contributed by atoms with Crippen LogP contribution in [-0.4, -0.2) is 47.8 Å². The highest BCUT2D eigenvalue weighted by atomic mass is 35.5. The van der Waals surface area contributed by atoms with Gasteiger partial charge in [0.1, 0.15) is 0 Å². The highest BCUT2D eigenvalue weighted by Crippen LogP contribution is 2.25. The predicted octanol–water partition coefficient (Wildman–Crippen LogP) is 5.40. The average molecular weight is 433 g/mol. The van der Waals surface area contributed by atoms with Crippen molar-refractivity contribution in [3.8, 4) is 11.5 Å². The van der Waals surface area contributed by atoms with Crippen molar-refractivity contribution in [2.24, 2.45) is 0 Å². The van der Waals surface area contributed by atoms with E-state index in [2.05, 4.69) is 29.3 Å². The summed E-state index contributed by atoms with van der Waals surface area (Å²) in [6, 6.07) is 13.2. The number of benzene rings is 2. The molecule has 3 N–H and O–H groups in total. The molecule has 2 aromatic carbocycles. The molecule has 30 heavy (non-hydrogen) atoms. The molecule has 166 valence electrons. The highest BCUT2D eigenvalue weighted by Gasteiger charge is 2.06. The largest absolute Gasteiger partial charge is 0.504 e. The van der Waals surface area contributed by atoms with E-state index >= 15 is 0 Å². The quantitative estimate of drug-likeness (QED) is 0.260. The molecule has 0 unspecified atom stereocenters. The topological polar surface area (TPSA) is 55.7 Å². The second-order valence-electron chi connectivity index (χ2n) is 7.96. The molecule has 0 aliphatic carbocycles. The zero-order valence-corrected chi connectivity index (χ0v) is 19.0. The van der Waals surface area contributed by atoms with Gasteiger partial charge in [-0.1, -0.05) is 49.6 Å². The number of unbranched alkanes of at least 4 members (excludes halogenated alkanes) is 3. The lowest BCUT2D eigenvalue weighted by molar-refractivity contribution is 0.270. The van der Waals surface area contributed by atoms with Gasteiger partial charge in [0.15, 0.2) is 11.5 Å². The minimum Gasteiger partial charge on any atom is -0.504 e. The molecular weight excluding hydrogens is 396 g/mol. The number of halogens is 1. The van der Waals surface area contributed by atoms with Crippen molar-refractivity contribution in [3.05, 3.63) is 58.6 Å².